The molecule has 0 bridgehead atoms. The summed E-state index contributed by atoms with van der Waals surface area (Å²) < 4.78 is 5.08. The first-order chi connectivity index (χ1) is 8.95. The predicted molar refractivity (Wildman–Crippen MR) is 73.7 cm³/mol. The van der Waals surface area contributed by atoms with E-state index in [1.54, 1.807) is 0 Å². The highest BCUT2D eigenvalue weighted by Crippen LogP contribution is 2.41. The van der Waals surface area contributed by atoms with Crippen molar-refractivity contribution in [2.45, 2.75) is 71.1 Å². The fourth-order valence-corrected chi connectivity index (χ4v) is 3.23. The van der Waals surface area contributed by atoms with Crippen molar-refractivity contribution >= 4 is 5.97 Å². The van der Waals surface area contributed by atoms with Crippen molar-refractivity contribution in [2.75, 3.05) is 6.61 Å². The molecule has 110 valence electrons. The summed E-state index contributed by atoms with van der Waals surface area (Å²) in [5.74, 6) is 0.0679. The number of hydrogen-bond donors (Lipinski definition) is 2. The third-order valence-corrected chi connectivity index (χ3v) is 5.00. The van der Waals surface area contributed by atoms with Gasteiger partial charge in [-0.3, -0.25) is 4.79 Å². The molecule has 0 saturated heterocycles. The maximum atomic E-state index is 11.7. The monoisotopic (exact) mass is 269 g/mol. The first kappa shape index (κ1) is 14.8. The first-order valence-electron chi connectivity index (χ1n) is 7.56. The topological polar surface area (TPSA) is 58.6 Å². The molecule has 0 aromatic heterocycles. The third-order valence-electron chi connectivity index (χ3n) is 5.00. The lowest BCUT2D eigenvalue weighted by molar-refractivity contribution is -0.149. The molecule has 4 nitrogen and oxygen atoms in total. The molecule has 2 unspecified atom stereocenters. The Morgan fingerprint density at radius 3 is 2.42 bits per heavy atom. The normalized spacial score (nSPS) is 37.5. The van der Waals surface area contributed by atoms with Crippen LogP contribution < -0.4 is 5.32 Å². The molecule has 2 fully saturated rings. The Morgan fingerprint density at radius 1 is 1.32 bits per heavy atom. The molecule has 0 aliphatic heterocycles. The van der Waals surface area contributed by atoms with Gasteiger partial charge in [-0.1, -0.05) is 13.8 Å². The zero-order valence-corrected chi connectivity index (χ0v) is 12.3. The molecule has 0 amide bonds. The quantitative estimate of drug-likeness (QED) is 0.765. The lowest BCUT2D eigenvalue weighted by atomic mass is 9.64. The van der Waals surface area contributed by atoms with Gasteiger partial charge in [0.1, 0.15) is 0 Å². The van der Waals surface area contributed by atoms with Gasteiger partial charge in [-0.2, -0.15) is 0 Å². The van der Waals surface area contributed by atoms with Crippen molar-refractivity contribution in [3.8, 4) is 0 Å². The average Bonchev–Trinajstić information content (AvgIpc) is 2.39. The molecule has 0 aromatic rings. The van der Waals surface area contributed by atoms with Gasteiger partial charge in [0.05, 0.1) is 18.6 Å². The maximum Gasteiger partial charge on any atom is 0.308 e. The van der Waals surface area contributed by atoms with Crippen LogP contribution in [0.1, 0.15) is 52.9 Å². The molecule has 4 heteroatoms. The minimum Gasteiger partial charge on any atom is -0.466 e. The molecule has 2 atom stereocenters. The highest BCUT2D eigenvalue weighted by atomic mass is 16.5. The van der Waals surface area contributed by atoms with Crippen LogP contribution in [0.25, 0.3) is 0 Å². The lowest BCUT2D eigenvalue weighted by Crippen LogP contribution is -2.62. The summed E-state index contributed by atoms with van der Waals surface area (Å²) in [5.41, 5.74) is -0.0159. The number of rotatable bonds is 4. The van der Waals surface area contributed by atoms with Gasteiger partial charge in [0.2, 0.25) is 0 Å². The zero-order chi connectivity index (χ0) is 14.0. The molecule has 2 rings (SSSR count). The molecule has 2 aliphatic carbocycles. The van der Waals surface area contributed by atoms with Gasteiger partial charge in [-0.25, -0.2) is 0 Å². The Labute approximate surface area is 115 Å². The molecule has 0 spiro atoms. The van der Waals surface area contributed by atoms with Crippen LogP contribution in [0.3, 0.4) is 0 Å². The molecule has 19 heavy (non-hydrogen) atoms. The molecule has 2 aliphatic rings. The van der Waals surface area contributed by atoms with E-state index in [9.17, 15) is 9.90 Å². The second kappa shape index (κ2) is 5.80. The van der Waals surface area contributed by atoms with Gasteiger partial charge in [0.15, 0.2) is 0 Å². The summed E-state index contributed by atoms with van der Waals surface area (Å²) in [4.78, 5) is 11.7. The van der Waals surface area contributed by atoms with Gasteiger partial charge in [-0.15, -0.1) is 0 Å². The fraction of sp³-hybridized carbons (Fsp3) is 0.933. The standard InChI is InChI=1S/C15H27NO3/c1-4-19-14(18)10-5-7-11(8-6-10)16-12-9-13(17)15(12,2)3/h10-13,16-17H,4-9H2,1-3H3. The Bertz CT molecular complexity index is 321. The van der Waals surface area contributed by atoms with Crippen LogP contribution in [0.5, 0.6) is 0 Å². The van der Waals surface area contributed by atoms with Crippen LogP contribution in [0.15, 0.2) is 0 Å². The molecular formula is C15H27NO3. The van der Waals surface area contributed by atoms with Gasteiger partial charge in [0, 0.05) is 17.5 Å². The summed E-state index contributed by atoms with van der Waals surface area (Å²) in [5, 5.41) is 13.4. The SMILES string of the molecule is CCOC(=O)C1CCC(NC2CC(O)C2(C)C)CC1. The Balaban J connectivity index is 1.74. The van der Waals surface area contributed by atoms with E-state index in [0.717, 1.165) is 32.1 Å². The number of aliphatic hydroxyl groups excluding tert-OH is 1. The van der Waals surface area contributed by atoms with E-state index in [-0.39, 0.29) is 23.4 Å². The molecular weight excluding hydrogens is 242 g/mol. The van der Waals surface area contributed by atoms with Crippen LogP contribution >= 0.6 is 0 Å². The van der Waals surface area contributed by atoms with E-state index in [0.29, 0.717) is 18.7 Å². The van der Waals surface area contributed by atoms with Gasteiger partial charge < -0.3 is 15.2 Å². The zero-order valence-electron chi connectivity index (χ0n) is 12.3. The number of aliphatic hydroxyl groups is 1. The smallest absolute Gasteiger partial charge is 0.308 e. The minimum atomic E-state index is -0.180. The largest absolute Gasteiger partial charge is 0.466 e. The second-order valence-electron chi connectivity index (χ2n) is 6.59. The Kier molecular flexibility index (Phi) is 4.51. The minimum absolute atomic E-state index is 0.0159. The van der Waals surface area contributed by atoms with Crippen LogP contribution in [-0.2, 0) is 9.53 Å². The van der Waals surface area contributed by atoms with Crippen LogP contribution in [0.2, 0.25) is 0 Å². The number of hydrogen-bond acceptors (Lipinski definition) is 4. The Morgan fingerprint density at radius 2 is 1.95 bits per heavy atom. The molecule has 0 heterocycles. The second-order valence-corrected chi connectivity index (χ2v) is 6.59. The molecule has 2 saturated carbocycles. The highest BCUT2D eigenvalue weighted by molar-refractivity contribution is 5.72. The van der Waals surface area contributed by atoms with Gasteiger partial charge >= 0.3 is 5.97 Å². The van der Waals surface area contributed by atoms with Crippen LogP contribution in [-0.4, -0.2) is 35.9 Å². The number of nitrogens with one attached hydrogen (secondary N) is 1. The van der Waals surface area contributed by atoms with E-state index < -0.39 is 0 Å². The molecule has 2 N–H and O–H groups in total. The van der Waals surface area contributed by atoms with Gasteiger partial charge in [0.25, 0.3) is 0 Å². The molecule has 0 aromatic carbocycles. The van der Waals surface area contributed by atoms with E-state index in [2.05, 4.69) is 19.2 Å². The first-order valence-corrected chi connectivity index (χ1v) is 7.56. The summed E-state index contributed by atoms with van der Waals surface area (Å²) in [6.07, 6.45) is 4.59. The average molecular weight is 269 g/mol. The van der Waals surface area contributed by atoms with Crippen molar-refractivity contribution in [1.29, 1.82) is 0 Å². The van der Waals surface area contributed by atoms with Crippen molar-refractivity contribution in [1.82, 2.24) is 5.32 Å². The van der Waals surface area contributed by atoms with E-state index >= 15 is 0 Å². The van der Waals surface area contributed by atoms with E-state index in [1.807, 2.05) is 6.92 Å². The summed E-state index contributed by atoms with van der Waals surface area (Å²) >= 11 is 0. The lowest BCUT2D eigenvalue weighted by Gasteiger charge is -2.51. The Hall–Kier alpha value is -0.610. The van der Waals surface area contributed by atoms with Crippen molar-refractivity contribution < 1.29 is 14.6 Å². The molecule has 0 radical (unpaired) electrons. The van der Waals surface area contributed by atoms with Crippen molar-refractivity contribution in [2.24, 2.45) is 11.3 Å². The van der Waals surface area contributed by atoms with E-state index in [1.165, 1.54) is 0 Å². The number of esters is 1. The maximum absolute atomic E-state index is 11.7. The summed E-state index contributed by atoms with van der Waals surface area (Å²) in [7, 11) is 0. The number of ether oxygens (including phenoxy) is 1. The van der Waals surface area contributed by atoms with Crippen LogP contribution in [0, 0.1) is 11.3 Å². The predicted octanol–water partition coefficient (Wildman–Crippen LogP) is 1.86. The van der Waals surface area contributed by atoms with Gasteiger partial charge in [-0.05, 0) is 39.0 Å². The number of carbonyl (C=O) groups is 1. The summed E-state index contributed by atoms with van der Waals surface area (Å²) in [6.45, 7) is 6.56. The fourth-order valence-electron chi connectivity index (χ4n) is 3.23. The van der Waals surface area contributed by atoms with Crippen molar-refractivity contribution in [3.63, 3.8) is 0 Å². The third kappa shape index (κ3) is 3.11. The van der Waals surface area contributed by atoms with Crippen molar-refractivity contribution in [3.05, 3.63) is 0 Å². The highest BCUT2D eigenvalue weighted by Gasteiger charge is 2.47. The van der Waals surface area contributed by atoms with Crippen LogP contribution in [0.4, 0.5) is 0 Å². The summed E-state index contributed by atoms with van der Waals surface area (Å²) in [6, 6.07) is 0.897. The van der Waals surface area contributed by atoms with E-state index in [4.69, 9.17) is 4.74 Å². The number of carbonyl (C=O) groups excluding carboxylic acids is 1.